The molecule has 3 aromatic rings. The maximum Gasteiger partial charge on any atom is 0.355 e. The van der Waals surface area contributed by atoms with Gasteiger partial charge in [0.05, 0.1) is 5.69 Å². The molecule has 0 fully saturated rings. The number of benzene rings is 1. The quantitative estimate of drug-likeness (QED) is 0.508. The minimum Gasteiger partial charge on any atom is -0.451 e. The number of carbonyl (C=O) groups is 3. The Balaban J connectivity index is 1.57. The third-order valence-electron chi connectivity index (χ3n) is 4.05. The van der Waals surface area contributed by atoms with Gasteiger partial charge in [0.1, 0.15) is 5.69 Å². The third-order valence-corrected chi connectivity index (χ3v) is 4.81. The summed E-state index contributed by atoms with van der Waals surface area (Å²) in [5.74, 6) is -1.32. The molecule has 0 bridgehead atoms. The van der Waals surface area contributed by atoms with Gasteiger partial charge in [-0.15, -0.1) is 11.3 Å². The highest BCUT2D eigenvalue weighted by Gasteiger charge is 2.17. The van der Waals surface area contributed by atoms with Crippen molar-refractivity contribution in [2.24, 2.45) is 7.05 Å². The number of Topliss-reactive ketones (excluding diaryl/α,β-unsaturated/α-hetero) is 1. The van der Waals surface area contributed by atoms with Gasteiger partial charge >= 0.3 is 5.97 Å². The number of hydrogen-bond acceptors (Lipinski definition) is 6. The summed E-state index contributed by atoms with van der Waals surface area (Å²) in [5.41, 5.74) is 3.49. The van der Waals surface area contributed by atoms with Gasteiger partial charge < -0.3 is 9.30 Å². The van der Waals surface area contributed by atoms with Crippen LogP contribution in [0.5, 0.6) is 0 Å². The van der Waals surface area contributed by atoms with E-state index in [1.54, 1.807) is 13.2 Å². The SMILES string of the molecule is CC(=O)c1cc(C(=O)OCC(=O)Nc2nc(-c3ccc(C)cc3)cs2)n(C)c1. The number of thiazole rings is 1. The maximum absolute atomic E-state index is 12.1. The molecule has 0 aliphatic heterocycles. The predicted molar refractivity (Wildman–Crippen MR) is 107 cm³/mol. The van der Waals surface area contributed by atoms with Crippen molar-refractivity contribution in [2.45, 2.75) is 13.8 Å². The molecular weight excluding hydrogens is 378 g/mol. The van der Waals surface area contributed by atoms with Crippen LogP contribution in [0.3, 0.4) is 0 Å². The number of carbonyl (C=O) groups excluding carboxylic acids is 3. The van der Waals surface area contributed by atoms with Crippen LogP contribution in [0.2, 0.25) is 0 Å². The van der Waals surface area contributed by atoms with Gasteiger partial charge in [-0.05, 0) is 19.9 Å². The van der Waals surface area contributed by atoms with Crippen molar-refractivity contribution < 1.29 is 19.1 Å². The molecule has 2 aromatic heterocycles. The fourth-order valence-corrected chi connectivity index (χ4v) is 3.24. The molecular formula is C20H19N3O4S. The molecule has 0 spiro atoms. The molecule has 0 atom stereocenters. The molecule has 0 saturated heterocycles. The van der Waals surface area contributed by atoms with Crippen LogP contribution in [0.25, 0.3) is 11.3 Å². The van der Waals surface area contributed by atoms with E-state index in [2.05, 4.69) is 10.3 Å². The van der Waals surface area contributed by atoms with Crippen LogP contribution >= 0.6 is 11.3 Å². The molecule has 144 valence electrons. The van der Waals surface area contributed by atoms with Crippen molar-refractivity contribution >= 4 is 34.1 Å². The number of aryl methyl sites for hydroxylation is 2. The van der Waals surface area contributed by atoms with Gasteiger partial charge in [-0.3, -0.25) is 14.9 Å². The molecule has 1 amide bonds. The zero-order valence-electron chi connectivity index (χ0n) is 15.7. The molecule has 0 radical (unpaired) electrons. The number of anilines is 1. The number of ether oxygens (including phenoxy) is 1. The first-order chi connectivity index (χ1) is 13.3. The average Bonchev–Trinajstić information content (AvgIpc) is 3.27. The summed E-state index contributed by atoms with van der Waals surface area (Å²) in [6.07, 6.45) is 1.54. The van der Waals surface area contributed by atoms with Crippen LogP contribution < -0.4 is 5.32 Å². The largest absolute Gasteiger partial charge is 0.451 e. The summed E-state index contributed by atoms with van der Waals surface area (Å²) in [5, 5.41) is 4.89. The van der Waals surface area contributed by atoms with E-state index in [1.807, 2.05) is 36.6 Å². The Kier molecular flexibility index (Phi) is 5.70. The normalized spacial score (nSPS) is 10.5. The number of ketones is 1. The van der Waals surface area contributed by atoms with E-state index in [4.69, 9.17) is 4.74 Å². The smallest absolute Gasteiger partial charge is 0.355 e. The number of rotatable bonds is 6. The van der Waals surface area contributed by atoms with Crippen molar-refractivity contribution in [3.05, 3.63) is 58.7 Å². The first-order valence-electron chi connectivity index (χ1n) is 8.50. The first kappa shape index (κ1) is 19.5. The van der Waals surface area contributed by atoms with E-state index < -0.39 is 18.5 Å². The molecule has 2 heterocycles. The summed E-state index contributed by atoms with van der Waals surface area (Å²) in [4.78, 5) is 39.9. The fraction of sp³-hybridized carbons (Fsp3) is 0.200. The summed E-state index contributed by atoms with van der Waals surface area (Å²) in [6, 6.07) is 9.36. The Labute approximate surface area is 166 Å². The van der Waals surface area contributed by atoms with Crippen molar-refractivity contribution in [1.82, 2.24) is 9.55 Å². The second-order valence-corrected chi connectivity index (χ2v) is 7.17. The zero-order valence-corrected chi connectivity index (χ0v) is 16.5. The van der Waals surface area contributed by atoms with E-state index in [-0.39, 0.29) is 11.5 Å². The molecule has 0 saturated carbocycles. The second kappa shape index (κ2) is 8.18. The molecule has 1 N–H and O–H groups in total. The lowest BCUT2D eigenvalue weighted by Gasteiger charge is -2.05. The molecule has 7 nitrogen and oxygen atoms in total. The lowest BCUT2D eigenvalue weighted by atomic mass is 10.1. The van der Waals surface area contributed by atoms with Crippen LogP contribution in [-0.2, 0) is 16.6 Å². The lowest BCUT2D eigenvalue weighted by Crippen LogP contribution is -2.21. The highest BCUT2D eigenvalue weighted by atomic mass is 32.1. The lowest BCUT2D eigenvalue weighted by molar-refractivity contribution is -0.119. The molecule has 1 aromatic carbocycles. The fourth-order valence-electron chi connectivity index (χ4n) is 2.51. The standard InChI is InChI=1S/C20H19N3O4S/c1-12-4-6-14(7-5-12)16-11-28-20(21-16)22-18(25)10-27-19(26)17-8-15(13(2)24)9-23(17)3/h4-9,11H,10H2,1-3H3,(H,21,22,25). The Hall–Kier alpha value is -3.26. The number of amides is 1. The van der Waals surface area contributed by atoms with Gasteiger partial charge in [0, 0.05) is 29.8 Å². The second-order valence-electron chi connectivity index (χ2n) is 6.31. The van der Waals surface area contributed by atoms with Gasteiger partial charge in [-0.1, -0.05) is 29.8 Å². The van der Waals surface area contributed by atoms with Crippen molar-refractivity contribution in [1.29, 1.82) is 0 Å². The number of esters is 1. The Morgan fingerprint density at radius 2 is 1.93 bits per heavy atom. The summed E-state index contributed by atoms with van der Waals surface area (Å²) < 4.78 is 6.53. The van der Waals surface area contributed by atoms with Gasteiger partial charge in [0.15, 0.2) is 17.5 Å². The van der Waals surface area contributed by atoms with Gasteiger partial charge in [0.2, 0.25) is 0 Å². The maximum atomic E-state index is 12.1. The van der Waals surface area contributed by atoms with Crippen LogP contribution in [0, 0.1) is 6.92 Å². The third kappa shape index (κ3) is 4.52. The van der Waals surface area contributed by atoms with E-state index in [0.29, 0.717) is 10.7 Å². The molecule has 0 aliphatic carbocycles. The summed E-state index contributed by atoms with van der Waals surface area (Å²) >= 11 is 1.29. The van der Waals surface area contributed by atoms with Crippen molar-refractivity contribution in [3.63, 3.8) is 0 Å². The van der Waals surface area contributed by atoms with Crippen molar-refractivity contribution in [2.75, 3.05) is 11.9 Å². The van der Waals surface area contributed by atoms with Crippen LogP contribution in [0.1, 0.15) is 33.3 Å². The van der Waals surface area contributed by atoms with E-state index in [1.165, 1.54) is 28.9 Å². The minimum atomic E-state index is -0.676. The Morgan fingerprint density at radius 3 is 2.57 bits per heavy atom. The van der Waals surface area contributed by atoms with E-state index in [9.17, 15) is 14.4 Å². The number of nitrogens with zero attached hydrogens (tertiary/aromatic N) is 2. The minimum absolute atomic E-state index is 0.152. The molecule has 0 aliphatic rings. The highest BCUT2D eigenvalue weighted by Crippen LogP contribution is 2.25. The van der Waals surface area contributed by atoms with E-state index in [0.717, 1.165) is 16.8 Å². The highest BCUT2D eigenvalue weighted by molar-refractivity contribution is 7.14. The number of hydrogen-bond donors (Lipinski definition) is 1. The topological polar surface area (TPSA) is 90.3 Å². The van der Waals surface area contributed by atoms with Crippen LogP contribution in [0.15, 0.2) is 41.9 Å². The number of nitrogens with one attached hydrogen (secondary N) is 1. The summed E-state index contributed by atoms with van der Waals surface area (Å²) in [6.45, 7) is 2.98. The van der Waals surface area contributed by atoms with Crippen LogP contribution in [-0.4, -0.2) is 33.8 Å². The van der Waals surface area contributed by atoms with Crippen LogP contribution in [0.4, 0.5) is 5.13 Å². The van der Waals surface area contributed by atoms with Crippen molar-refractivity contribution in [3.8, 4) is 11.3 Å². The molecule has 0 unspecified atom stereocenters. The number of aromatic nitrogens is 2. The molecule has 8 heteroatoms. The zero-order chi connectivity index (χ0) is 20.3. The van der Waals surface area contributed by atoms with Gasteiger partial charge in [-0.2, -0.15) is 0 Å². The first-order valence-corrected chi connectivity index (χ1v) is 9.38. The van der Waals surface area contributed by atoms with E-state index >= 15 is 0 Å². The van der Waals surface area contributed by atoms with Gasteiger partial charge in [-0.25, -0.2) is 9.78 Å². The average molecular weight is 397 g/mol. The summed E-state index contributed by atoms with van der Waals surface area (Å²) in [7, 11) is 1.63. The molecule has 3 rings (SSSR count). The monoisotopic (exact) mass is 397 g/mol. The molecule has 28 heavy (non-hydrogen) atoms. The van der Waals surface area contributed by atoms with Gasteiger partial charge in [0.25, 0.3) is 5.91 Å². The Bertz CT molecular complexity index is 1030. The Morgan fingerprint density at radius 1 is 1.21 bits per heavy atom. The predicted octanol–water partition coefficient (Wildman–Crippen LogP) is 3.46.